The van der Waals surface area contributed by atoms with Crippen LogP contribution < -0.4 is 0 Å². The van der Waals surface area contributed by atoms with Crippen LogP contribution in [-0.4, -0.2) is 68.4 Å². The molecule has 0 amide bonds. The van der Waals surface area contributed by atoms with Crippen molar-refractivity contribution in [1.82, 2.24) is 24.6 Å². The molecule has 2 aromatic rings. The Bertz CT molecular complexity index is 574. The summed E-state index contributed by atoms with van der Waals surface area (Å²) < 4.78 is 1.87. The average Bonchev–Trinajstić information content (AvgIpc) is 3.09. The minimum absolute atomic E-state index is 0.416. The highest BCUT2D eigenvalue weighted by molar-refractivity contribution is 5.17. The number of aliphatic hydroxyl groups excluding tert-OH is 1. The Hall–Kier alpha value is -1.76. The van der Waals surface area contributed by atoms with Gasteiger partial charge in [0, 0.05) is 38.8 Å². The monoisotopic (exact) mass is 315 g/mol. The highest BCUT2D eigenvalue weighted by atomic mass is 16.3. The number of aromatic nitrogens is 3. The van der Waals surface area contributed by atoms with Crippen molar-refractivity contribution in [2.75, 3.05) is 32.7 Å². The Morgan fingerprint density at radius 2 is 2.04 bits per heavy atom. The number of aliphatic hydroxyl groups is 1. The van der Waals surface area contributed by atoms with E-state index in [1.807, 2.05) is 35.0 Å². The number of benzene rings is 1. The first-order valence-corrected chi connectivity index (χ1v) is 8.24. The molecule has 6 nitrogen and oxygen atoms in total. The van der Waals surface area contributed by atoms with Gasteiger partial charge in [-0.1, -0.05) is 30.3 Å². The summed E-state index contributed by atoms with van der Waals surface area (Å²) in [5, 5.41) is 14.6. The van der Waals surface area contributed by atoms with E-state index in [2.05, 4.69) is 26.8 Å². The Kier molecular flexibility index (Phi) is 5.38. The molecule has 0 bridgehead atoms. The number of hydrogen-bond acceptors (Lipinski definition) is 5. The van der Waals surface area contributed by atoms with E-state index in [0.29, 0.717) is 12.6 Å². The first kappa shape index (κ1) is 16.1. The number of piperazine rings is 1. The van der Waals surface area contributed by atoms with Crippen LogP contribution in [0.4, 0.5) is 0 Å². The van der Waals surface area contributed by atoms with E-state index in [0.717, 1.165) is 38.3 Å². The lowest BCUT2D eigenvalue weighted by Gasteiger charge is -2.40. The summed E-state index contributed by atoms with van der Waals surface area (Å²) in [6.07, 6.45) is 2.92. The van der Waals surface area contributed by atoms with Crippen LogP contribution in [0.5, 0.6) is 0 Å². The van der Waals surface area contributed by atoms with Crippen molar-refractivity contribution in [2.24, 2.45) is 0 Å². The lowest BCUT2D eigenvalue weighted by Crippen LogP contribution is -2.53. The third kappa shape index (κ3) is 4.37. The molecule has 0 saturated carbocycles. The topological polar surface area (TPSA) is 57.4 Å². The van der Waals surface area contributed by atoms with Gasteiger partial charge in [0.25, 0.3) is 0 Å². The number of hydrogen-bond donors (Lipinski definition) is 1. The first-order valence-electron chi connectivity index (χ1n) is 8.24. The normalized spacial score (nSPS) is 21.4. The number of nitrogens with zero attached hydrogens (tertiary/aromatic N) is 5. The van der Waals surface area contributed by atoms with Gasteiger partial charge >= 0.3 is 0 Å². The molecule has 1 aromatic heterocycles. The molecule has 1 N–H and O–H groups in total. The predicted octanol–water partition coefficient (Wildman–Crippen LogP) is 1.02. The van der Waals surface area contributed by atoms with Gasteiger partial charge in [0.2, 0.25) is 0 Å². The molecule has 3 rings (SSSR count). The molecular weight excluding hydrogens is 290 g/mol. The minimum Gasteiger partial charge on any atom is -0.387 e. The summed E-state index contributed by atoms with van der Waals surface area (Å²) in [5.41, 5.74) is 0.994. The van der Waals surface area contributed by atoms with Crippen LogP contribution in [0.3, 0.4) is 0 Å². The molecule has 1 aromatic carbocycles. The zero-order chi connectivity index (χ0) is 16.1. The van der Waals surface area contributed by atoms with Crippen LogP contribution in [0.1, 0.15) is 18.6 Å². The lowest BCUT2D eigenvalue weighted by atomic mass is 10.1. The van der Waals surface area contributed by atoms with E-state index in [9.17, 15) is 5.11 Å². The van der Waals surface area contributed by atoms with Gasteiger partial charge in [-0.2, -0.15) is 5.10 Å². The molecule has 0 aliphatic carbocycles. The van der Waals surface area contributed by atoms with E-state index in [1.54, 1.807) is 12.7 Å². The van der Waals surface area contributed by atoms with E-state index < -0.39 is 6.10 Å². The molecule has 2 heterocycles. The van der Waals surface area contributed by atoms with Crippen molar-refractivity contribution in [3.05, 3.63) is 48.5 Å². The SMILES string of the molecule is CC1CN(CCn2cncn2)CCN1CC(O)c1ccccc1. The fourth-order valence-electron chi connectivity index (χ4n) is 3.14. The summed E-state index contributed by atoms with van der Waals surface area (Å²) in [4.78, 5) is 8.81. The van der Waals surface area contributed by atoms with Crippen molar-refractivity contribution >= 4 is 0 Å². The van der Waals surface area contributed by atoms with E-state index in [-0.39, 0.29) is 0 Å². The van der Waals surface area contributed by atoms with Gasteiger partial charge < -0.3 is 5.11 Å². The van der Waals surface area contributed by atoms with Crippen LogP contribution in [0.15, 0.2) is 43.0 Å². The average molecular weight is 315 g/mol. The molecule has 2 unspecified atom stereocenters. The van der Waals surface area contributed by atoms with Gasteiger partial charge in [-0.05, 0) is 12.5 Å². The van der Waals surface area contributed by atoms with E-state index in [1.165, 1.54) is 0 Å². The highest BCUT2D eigenvalue weighted by Gasteiger charge is 2.25. The second-order valence-electron chi connectivity index (χ2n) is 6.23. The summed E-state index contributed by atoms with van der Waals surface area (Å²) in [5.74, 6) is 0. The van der Waals surface area contributed by atoms with Gasteiger partial charge in [0.1, 0.15) is 12.7 Å². The third-order valence-corrected chi connectivity index (χ3v) is 4.55. The number of β-amino-alcohol motifs (C(OH)–C–C–N with tert-alkyl or cyclic N) is 1. The maximum atomic E-state index is 10.4. The van der Waals surface area contributed by atoms with Gasteiger partial charge in [0.05, 0.1) is 12.6 Å². The molecule has 1 saturated heterocycles. The Labute approximate surface area is 137 Å². The largest absolute Gasteiger partial charge is 0.387 e. The van der Waals surface area contributed by atoms with Crippen molar-refractivity contribution < 1.29 is 5.11 Å². The van der Waals surface area contributed by atoms with Gasteiger partial charge in [-0.25, -0.2) is 4.98 Å². The smallest absolute Gasteiger partial charge is 0.137 e. The molecule has 1 aliphatic rings. The van der Waals surface area contributed by atoms with Crippen molar-refractivity contribution in [1.29, 1.82) is 0 Å². The van der Waals surface area contributed by atoms with Crippen molar-refractivity contribution in [2.45, 2.75) is 25.6 Å². The van der Waals surface area contributed by atoms with Crippen LogP contribution >= 0.6 is 0 Å². The quantitative estimate of drug-likeness (QED) is 0.862. The molecule has 2 atom stereocenters. The fraction of sp³-hybridized carbons (Fsp3) is 0.529. The maximum Gasteiger partial charge on any atom is 0.137 e. The predicted molar refractivity (Wildman–Crippen MR) is 88.9 cm³/mol. The van der Waals surface area contributed by atoms with E-state index in [4.69, 9.17) is 0 Å². The molecule has 124 valence electrons. The molecule has 23 heavy (non-hydrogen) atoms. The maximum absolute atomic E-state index is 10.4. The molecule has 1 aliphatic heterocycles. The van der Waals surface area contributed by atoms with Crippen LogP contribution in [-0.2, 0) is 6.54 Å². The summed E-state index contributed by atoms with van der Waals surface area (Å²) in [7, 11) is 0. The van der Waals surface area contributed by atoms with Gasteiger partial charge in [0.15, 0.2) is 0 Å². The second kappa shape index (κ2) is 7.68. The lowest BCUT2D eigenvalue weighted by molar-refractivity contribution is 0.0375. The summed E-state index contributed by atoms with van der Waals surface area (Å²) in [6, 6.07) is 10.4. The molecule has 0 spiro atoms. The Morgan fingerprint density at radius 1 is 1.22 bits per heavy atom. The van der Waals surface area contributed by atoms with Gasteiger partial charge in [-0.3, -0.25) is 14.5 Å². The molecule has 1 fully saturated rings. The molecule has 0 radical (unpaired) electrons. The zero-order valence-corrected chi connectivity index (χ0v) is 13.6. The third-order valence-electron chi connectivity index (χ3n) is 4.55. The van der Waals surface area contributed by atoms with Crippen LogP contribution in [0, 0.1) is 0 Å². The second-order valence-corrected chi connectivity index (χ2v) is 6.23. The Morgan fingerprint density at radius 3 is 2.74 bits per heavy atom. The van der Waals surface area contributed by atoms with Crippen molar-refractivity contribution in [3.8, 4) is 0 Å². The Balaban J connectivity index is 1.46. The number of rotatable bonds is 6. The standard InChI is InChI=1S/C17H25N5O/c1-15-11-20(8-10-22-14-18-13-19-22)7-9-21(15)12-17(23)16-5-3-2-4-6-16/h2-6,13-15,17,23H,7-12H2,1H3. The fourth-order valence-corrected chi connectivity index (χ4v) is 3.14. The minimum atomic E-state index is -0.416. The van der Waals surface area contributed by atoms with Crippen molar-refractivity contribution in [3.63, 3.8) is 0 Å². The first-order chi connectivity index (χ1) is 11.2. The highest BCUT2D eigenvalue weighted by Crippen LogP contribution is 2.17. The van der Waals surface area contributed by atoms with Crippen LogP contribution in [0.25, 0.3) is 0 Å². The summed E-state index contributed by atoms with van der Waals surface area (Å²) >= 11 is 0. The zero-order valence-electron chi connectivity index (χ0n) is 13.6. The van der Waals surface area contributed by atoms with Gasteiger partial charge in [-0.15, -0.1) is 0 Å². The summed E-state index contributed by atoms with van der Waals surface area (Å²) in [6.45, 7) is 7.84. The molecular formula is C17H25N5O. The van der Waals surface area contributed by atoms with Crippen LogP contribution in [0.2, 0.25) is 0 Å². The van der Waals surface area contributed by atoms with E-state index >= 15 is 0 Å². The molecule has 6 heteroatoms.